The SMILES string of the molecule is CC(C)(C)C1CCOP(=O)(N(CCCl)CCCl)N1.CC(C)(C)CN(CCCl)CCCl.CC(C)(C)C[C@H]1CC(n2ccc(N)nc2=O)C(F)(F)[C@@H]1O.CC(C)(C)c1c[n+]([O-])c2ccccc2[n+]1[O-].CC(C)(C)c1cccc2c1CN(C1CCC(=O)NC1=O)C2=O.CC(C)(C)c1ccn(C2C[C@H](CO)[C@@H](O)C2(F)F)c(=O)n1. The van der Waals surface area contributed by atoms with E-state index < -0.39 is 79.7 Å². The third-order valence-electron chi connectivity index (χ3n) is 19.4. The number of amides is 3. The van der Waals surface area contributed by atoms with E-state index in [1.54, 1.807) is 33.8 Å². The normalized spacial score (nSPS) is 23.3. The number of aliphatic hydroxyl groups is 3. The van der Waals surface area contributed by atoms with E-state index in [1.807, 2.05) is 80.5 Å². The van der Waals surface area contributed by atoms with Crippen molar-refractivity contribution in [2.75, 3.05) is 75.2 Å². The topological polar surface area (TPSA) is 322 Å². The van der Waals surface area contributed by atoms with E-state index in [2.05, 4.69) is 87.6 Å². The Balaban J connectivity index is 0.000000239. The molecule has 5 unspecified atom stereocenters. The summed E-state index contributed by atoms with van der Waals surface area (Å²) in [6.45, 7) is 40.9. The Labute approximate surface area is 664 Å². The standard InChI is InChI=1S/C17H20N2O3.C14H21F2N3O2.C14H20F2N2O3.C12H14N2O2.C11H23Cl2N2O2P.C9H19Cl2N/c1-17(2,3)12-6-4-5-10-11(12)9-19(16(10)22)13-7-8-14(20)18-15(13)21;1-13(2,3)7-8-6-9(14(15,16)11(8)20)19-5-4-10(17)18-12(19)21;1-13(2,3)9-4-5-18(12(21)17-9)10-6-8(7-19)11(20)14(10,15)16;1-12(2,3)11-8-13(15)9-6-4-5-7-10(9)14(11)16;1-11(2,3)10-4-9-17-18(16,14-10)15(7-5-12)8-6-13;1-9(2,3)8-12(6-4-10)7-5-11/h4-6,13H,7-9H2,1-3H3,(H,18,20,21);4-5,8-9,11,20H,6-7H2,1-3H3,(H2,17,18,21);4-5,8,10-11,19-20H,6-7H2,1-3H3;4-8H,1-3H3;10H,4-9H2,1-3H3,(H,14,16);4-8H2,1-3H3/t;8-,9?,11-;8-,10?,11-;;;/m.11.../s1. The third kappa shape index (κ3) is 25.2. The molecule has 2 aromatic carbocycles. The Morgan fingerprint density at radius 1 is 0.682 bits per heavy atom. The van der Waals surface area contributed by atoms with Crippen LogP contribution in [0.1, 0.15) is 208 Å². The Morgan fingerprint density at radius 2 is 1.21 bits per heavy atom. The number of aliphatic hydroxyl groups excluding tert-OH is 3. The Morgan fingerprint density at radius 3 is 1.67 bits per heavy atom. The van der Waals surface area contributed by atoms with E-state index >= 15 is 0 Å². The van der Waals surface area contributed by atoms with Crippen molar-refractivity contribution in [1.29, 1.82) is 0 Å². The van der Waals surface area contributed by atoms with Gasteiger partial charge in [-0.1, -0.05) is 128 Å². The maximum Gasteiger partial charge on any atom is 0.349 e. The van der Waals surface area contributed by atoms with Gasteiger partial charge in [-0.05, 0) is 110 Å². The highest BCUT2D eigenvalue weighted by molar-refractivity contribution is 7.54. The summed E-state index contributed by atoms with van der Waals surface area (Å²) < 4.78 is 80.3. The number of hydrogen-bond donors (Lipinski definition) is 6. The molecule has 3 aromatic heterocycles. The number of nitrogens with one attached hydrogen (secondary N) is 2. The van der Waals surface area contributed by atoms with Crippen molar-refractivity contribution in [2.45, 2.75) is 234 Å². The molecule has 33 heteroatoms. The molecule has 0 spiro atoms. The Kier molecular flexibility index (Phi) is 33.4. The van der Waals surface area contributed by atoms with Crippen LogP contribution >= 0.6 is 54.1 Å². The van der Waals surface area contributed by atoms with E-state index in [9.17, 15) is 66.7 Å². The highest BCUT2D eigenvalue weighted by Gasteiger charge is 2.59. The number of anilines is 1. The minimum atomic E-state index is -3.47. The van der Waals surface area contributed by atoms with Crippen molar-refractivity contribution in [2.24, 2.45) is 28.1 Å². The number of piperidine rings is 1. The maximum absolute atomic E-state index is 14.3. The van der Waals surface area contributed by atoms with Gasteiger partial charge in [0.25, 0.3) is 34.5 Å². The fourth-order valence-corrected chi connectivity index (χ4v) is 17.3. The van der Waals surface area contributed by atoms with E-state index in [-0.39, 0.29) is 75.9 Å². The number of halogens is 8. The van der Waals surface area contributed by atoms with Crippen LogP contribution in [0.15, 0.2) is 82.8 Å². The highest BCUT2D eigenvalue weighted by Crippen LogP contribution is 2.53. The lowest BCUT2D eigenvalue weighted by molar-refractivity contribution is -0.637. The first-order valence-electron chi connectivity index (χ1n) is 37.1. The van der Waals surface area contributed by atoms with Gasteiger partial charge in [0.2, 0.25) is 18.0 Å². The monoisotopic (exact) mass is 1650 g/mol. The molecule has 5 aromatic rings. The summed E-state index contributed by atoms with van der Waals surface area (Å²) in [6, 6.07) is 12.1. The highest BCUT2D eigenvalue weighted by atomic mass is 35.5. The van der Waals surface area contributed by atoms with Gasteiger partial charge in [0.15, 0.2) is 0 Å². The van der Waals surface area contributed by atoms with Gasteiger partial charge in [0.1, 0.15) is 36.2 Å². The molecule has 7 N–H and O–H groups in total. The van der Waals surface area contributed by atoms with Crippen LogP contribution in [0.25, 0.3) is 11.0 Å². The molecule has 2 saturated heterocycles. The first kappa shape index (κ1) is 95.0. The number of nitrogens with two attached hydrogens (primary N) is 1. The van der Waals surface area contributed by atoms with Crippen molar-refractivity contribution in [3.05, 3.63) is 133 Å². The molecule has 24 nitrogen and oxygen atoms in total. The van der Waals surface area contributed by atoms with Gasteiger partial charge in [0, 0.05) is 123 Å². The molecule has 9 atom stereocenters. The van der Waals surface area contributed by atoms with Crippen LogP contribution < -0.4 is 37.0 Å². The van der Waals surface area contributed by atoms with Crippen molar-refractivity contribution in [1.82, 2.24) is 44.0 Å². The molecule has 2 aliphatic carbocycles. The van der Waals surface area contributed by atoms with Crippen LogP contribution in [0.2, 0.25) is 0 Å². The zero-order valence-corrected chi connectivity index (χ0v) is 70.8. The smallest absolute Gasteiger partial charge is 0.349 e. The molecule has 0 bridgehead atoms. The summed E-state index contributed by atoms with van der Waals surface area (Å²) >= 11 is 22.9. The fraction of sp³-hybridized carbons (Fsp3) is 0.675. The summed E-state index contributed by atoms with van der Waals surface area (Å²) in [5, 5.41) is 57.9. The number of para-hydroxylation sites is 2. The number of fused-ring (bicyclic) bond motifs is 2. The minimum Gasteiger partial charge on any atom is -0.618 e. The molecular weight excluding hydrogens is 1530 g/mol. The largest absolute Gasteiger partial charge is 0.618 e. The number of carbonyl (C=O) groups is 3. The Bertz CT molecular complexity index is 4070. The quantitative estimate of drug-likeness (QED) is 0.0142. The molecule has 3 aliphatic heterocycles. The number of nitrogen functional groups attached to an aromatic ring is 1. The van der Waals surface area contributed by atoms with Crippen LogP contribution in [0.4, 0.5) is 23.4 Å². The molecule has 10 rings (SSSR count). The molecule has 0 radical (unpaired) electrons. The Hall–Kier alpha value is -5.62. The van der Waals surface area contributed by atoms with Crippen LogP contribution in [0.5, 0.6) is 0 Å². The average molecular weight is 1650 g/mol. The third-order valence-corrected chi connectivity index (χ3v) is 22.4. The van der Waals surface area contributed by atoms with E-state index in [0.717, 1.165) is 55.8 Å². The second-order valence-electron chi connectivity index (χ2n) is 35.1. The van der Waals surface area contributed by atoms with Gasteiger partial charge >= 0.3 is 19.0 Å². The molecule has 110 heavy (non-hydrogen) atoms. The number of aromatic nitrogens is 6. The molecule has 5 aliphatic rings. The van der Waals surface area contributed by atoms with Gasteiger partial charge in [0.05, 0.1) is 17.7 Å². The van der Waals surface area contributed by atoms with E-state index in [4.69, 9.17) is 61.8 Å². The van der Waals surface area contributed by atoms with Crippen molar-refractivity contribution >= 4 is 88.6 Å². The molecule has 2 saturated carbocycles. The molecule has 6 heterocycles. The number of nitrogens with zero attached hydrogens (tertiary/aromatic N) is 9. The lowest BCUT2D eigenvalue weighted by atomic mass is 9.83. The number of hydrogen-bond acceptors (Lipinski definition) is 16. The predicted molar refractivity (Wildman–Crippen MR) is 424 cm³/mol. The predicted octanol–water partition coefficient (Wildman–Crippen LogP) is 12.2. The molecular formula is C77H117Cl4F4N12O12P. The van der Waals surface area contributed by atoms with Crippen LogP contribution in [-0.2, 0) is 41.5 Å². The molecule has 4 fully saturated rings. The van der Waals surface area contributed by atoms with E-state index in [0.29, 0.717) is 96.0 Å². The fourth-order valence-electron chi connectivity index (χ4n) is 13.8. The van der Waals surface area contributed by atoms with Crippen LogP contribution in [-0.4, -0.2) is 172 Å². The zero-order valence-electron chi connectivity index (χ0n) is 66.9. The van der Waals surface area contributed by atoms with Gasteiger partial charge < -0.3 is 45.8 Å². The van der Waals surface area contributed by atoms with Crippen molar-refractivity contribution < 1.29 is 65.8 Å². The minimum absolute atomic E-state index is 0.00986. The molecule has 618 valence electrons. The second-order valence-corrected chi connectivity index (χ2v) is 38.7. The van der Waals surface area contributed by atoms with Gasteiger partial charge in [-0.2, -0.15) is 19.4 Å². The number of imide groups is 1. The summed E-state index contributed by atoms with van der Waals surface area (Å²) in [4.78, 5) is 71.0. The number of benzene rings is 2. The maximum atomic E-state index is 14.3. The summed E-state index contributed by atoms with van der Waals surface area (Å²) in [5.74, 6) is -6.90. The number of carbonyl (C=O) groups excluding carboxylic acids is 3. The average Bonchev–Trinajstić information content (AvgIpc) is 1.57. The zero-order chi connectivity index (χ0) is 83.4. The van der Waals surface area contributed by atoms with Gasteiger partial charge in [-0.25, -0.2) is 36.9 Å². The van der Waals surface area contributed by atoms with Gasteiger partial charge in [-0.15, -0.1) is 46.4 Å². The summed E-state index contributed by atoms with van der Waals surface area (Å²) in [5.41, 5.74) is 7.83. The summed E-state index contributed by atoms with van der Waals surface area (Å²) in [6.07, 6.45) is 2.02. The number of alkyl halides is 8. The van der Waals surface area contributed by atoms with Crippen LogP contribution in [0.3, 0.4) is 0 Å². The molecule has 3 amide bonds. The first-order chi connectivity index (χ1) is 50.6. The van der Waals surface area contributed by atoms with E-state index in [1.165, 1.54) is 30.7 Å². The summed E-state index contributed by atoms with van der Waals surface area (Å²) in [7, 11) is -2.99. The van der Waals surface area contributed by atoms with Crippen LogP contribution in [0, 0.1) is 38.5 Å². The van der Waals surface area contributed by atoms with Crippen molar-refractivity contribution in [3.8, 4) is 0 Å². The second kappa shape index (κ2) is 38.7. The lowest BCUT2D eigenvalue weighted by Gasteiger charge is -2.41. The van der Waals surface area contributed by atoms with Crippen molar-refractivity contribution in [3.63, 3.8) is 0 Å². The lowest BCUT2D eigenvalue weighted by Crippen LogP contribution is -2.52. The van der Waals surface area contributed by atoms with Gasteiger partial charge in [-0.3, -0.25) is 33.4 Å². The number of rotatable bonds is 15. The first-order valence-corrected chi connectivity index (χ1v) is 40.8.